The Morgan fingerprint density at radius 1 is 1.75 bits per heavy atom. The molecule has 2 heteroatoms. The lowest BCUT2D eigenvalue weighted by molar-refractivity contribution is 0.249. The second-order valence-corrected chi connectivity index (χ2v) is 2.30. The maximum absolute atomic E-state index is 4.12. The van der Waals surface area contributed by atoms with Crippen molar-refractivity contribution in [2.24, 2.45) is 5.10 Å². The fraction of sp³-hybridized carbons (Fsp3) is 0.833. The van der Waals surface area contributed by atoms with E-state index in [0.29, 0.717) is 6.04 Å². The van der Waals surface area contributed by atoms with Gasteiger partial charge < -0.3 is 0 Å². The zero-order valence-electron chi connectivity index (χ0n) is 5.46. The van der Waals surface area contributed by atoms with Gasteiger partial charge in [-0.2, -0.15) is 5.10 Å². The highest BCUT2D eigenvalue weighted by molar-refractivity contribution is 5.57. The van der Waals surface area contributed by atoms with Crippen LogP contribution in [0.1, 0.15) is 19.8 Å². The average Bonchev–Trinajstić information content (AvgIpc) is 1.77. The summed E-state index contributed by atoms with van der Waals surface area (Å²) in [6.07, 6.45) is 4.37. The monoisotopic (exact) mass is 112 g/mol. The molecule has 0 spiro atoms. The Hall–Kier alpha value is -0.530. The van der Waals surface area contributed by atoms with Crippen LogP contribution in [0.3, 0.4) is 0 Å². The van der Waals surface area contributed by atoms with Crippen molar-refractivity contribution in [3.8, 4) is 0 Å². The van der Waals surface area contributed by atoms with E-state index in [0.717, 1.165) is 6.42 Å². The Balaban J connectivity index is 2.47. The summed E-state index contributed by atoms with van der Waals surface area (Å²) in [7, 11) is 2.01. The average molecular weight is 112 g/mol. The SMILES string of the molecule is CC1CCC=NN1C. The fourth-order valence-corrected chi connectivity index (χ4v) is 0.803. The van der Waals surface area contributed by atoms with Gasteiger partial charge in [0.25, 0.3) is 0 Å². The third-order valence-corrected chi connectivity index (χ3v) is 1.62. The zero-order valence-corrected chi connectivity index (χ0v) is 5.46. The van der Waals surface area contributed by atoms with Crippen LogP contribution in [-0.2, 0) is 0 Å². The van der Waals surface area contributed by atoms with Gasteiger partial charge in [-0.15, -0.1) is 0 Å². The number of hydrogen-bond acceptors (Lipinski definition) is 2. The molecule has 0 fully saturated rings. The van der Waals surface area contributed by atoms with Gasteiger partial charge in [-0.05, 0) is 19.8 Å². The van der Waals surface area contributed by atoms with E-state index in [9.17, 15) is 0 Å². The van der Waals surface area contributed by atoms with E-state index >= 15 is 0 Å². The lowest BCUT2D eigenvalue weighted by Gasteiger charge is -2.24. The number of nitrogens with zero attached hydrogens (tertiary/aromatic N) is 2. The molecule has 46 valence electrons. The maximum atomic E-state index is 4.12. The van der Waals surface area contributed by atoms with Crippen molar-refractivity contribution in [1.82, 2.24) is 5.01 Å². The van der Waals surface area contributed by atoms with Gasteiger partial charge in [0.1, 0.15) is 0 Å². The first-order valence-electron chi connectivity index (χ1n) is 3.06. The summed E-state index contributed by atoms with van der Waals surface area (Å²) in [5.74, 6) is 0. The molecule has 1 unspecified atom stereocenters. The summed E-state index contributed by atoms with van der Waals surface area (Å²) in [5, 5.41) is 6.12. The van der Waals surface area contributed by atoms with Crippen molar-refractivity contribution in [2.45, 2.75) is 25.8 Å². The molecule has 1 aliphatic rings. The lowest BCUT2D eigenvalue weighted by atomic mass is 10.2. The molecule has 1 aliphatic heterocycles. The Bertz CT molecular complexity index is 98.7. The van der Waals surface area contributed by atoms with Crippen LogP contribution in [0.4, 0.5) is 0 Å². The Morgan fingerprint density at radius 3 is 2.88 bits per heavy atom. The van der Waals surface area contributed by atoms with Gasteiger partial charge in [-0.1, -0.05) is 0 Å². The third kappa shape index (κ3) is 0.997. The Kier molecular flexibility index (Phi) is 1.51. The molecule has 8 heavy (non-hydrogen) atoms. The van der Waals surface area contributed by atoms with Crippen molar-refractivity contribution in [3.63, 3.8) is 0 Å². The molecule has 0 saturated carbocycles. The maximum Gasteiger partial charge on any atom is 0.0442 e. The number of hydrazone groups is 1. The summed E-state index contributed by atoms with van der Waals surface area (Å²) in [4.78, 5) is 0. The first kappa shape index (κ1) is 5.60. The molecule has 0 aromatic heterocycles. The Labute approximate surface area is 50.2 Å². The largest absolute Gasteiger partial charge is 0.298 e. The first-order chi connectivity index (χ1) is 3.80. The second kappa shape index (κ2) is 2.16. The summed E-state index contributed by atoms with van der Waals surface area (Å²) < 4.78 is 0. The van der Waals surface area contributed by atoms with E-state index < -0.39 is 0 Å². The molecule has 0 aromatic carbocycles. The van der Waals surface area contributed by atoms with Crippen LogP contribution >= 0.6 is 0 Å². The highest BCUT2D eigenvalue weighted by atomic mass is 15.4. The molecule has 0 saturated heterocycles. The van der Waals surface area contributed by atoms with Crippen molar-refractivity contribution in [2.75, 3.05) is 7.05 Å². The zero-order chi connectivity index (χ0) is 5.98. The highest BCUT2D eigenvalue weighted by Crippen LogP contribution is 2.07. The smallest absolute Gasteiger partial charge is 0.0442 e. The van der Waals surface area contributed by atoms with Gasteiger partial charge in [0.05, 0.1) is 0 Å². The van der Waals surface area contributed by atoms with Crippen molar-refractivity contribution in [3.05, 3.63) is 0 Å². The summed E-state index contributed by atoms with van der Waals surface area (Å²) >= 11 is 0. The standard InChI is InChI=1S/C6H12N2/c1-6-4-3-5-7-8(6)2/h5-6H,3-4H2,1-2H3. The summed E-state index contributed by atoms with van der Waals surface area (Å²) in [5.41, 5.74) is 0. The lowest BCUT2D eigenvalue weighted by Crippen LogP contribution is -2.26. The van der Waals surface area contributed by atoms with Crippen molar-refractivity contribution < 1.29 is 0 Å². The van der Waals surface area contributed by atoms with Crippen molar-refractivity contribution >= 4 is 6.21 Å². The van der Waals surface area contributed by atoms with Crippen LogP contribution in [0.2, 0.25) is 0 Å². The van der Waals surface area contributed by atoms with Crippen LogP contribution in [-0.4, -0.2) is 24.3 Å². The van der Waals surface area contributed by atoms with Crippen LogP contribution in [0.5, 0.6) is 0 Å². The second-order valence-electron chi connectivity index (χ2n) is 2.30. The molecule has 0 radical (unpaired) electrons. The predicted molar refractivity (Wildman–Crippen MR) is 35.0 cm³/mol. The minimum absolute atomic E-state index is 0.639. The van der Waals surface area contributed by atoms with E-state index in [1.165, 1.54) is 6.42 Å². The van der Waals surface area contributed by atoms with Gasteiger partial charge >= 0.3 is 0 Å². The molecule has 1 atom stereocenters. The van der Waals surface area contributed by atoms with Crippen molar-refractivity contribution in [1.29, 1.82) is 0 Å². The summed E-state index contributed by atoms with van der Waals surface area (Å²) in [6, 6.07) is 0.639. The molecule has 1 heterocycles. The minimum Gasteiger partial charge on any atom is -0.298 e. The molecule has 2 nitrogen and oxygen atoms in total. The van der Waals surface area contributed by atoms with E-state index in [1.54, 1.807) is 0 Å². The number of rotatable bonds is 0. The molecule has 0 bridgehead atoms. The molecule has 1 rings (SSSR count). The van der Waals surface area contributed by atoms with Gasteiger partial charge in [-0.3, -0.25) is 5.01 Å². The van der Waals surface area contributed by atoms with E-state index in [4.69, 9.17) is 0 Å². The Morgan fingerprint density at radius 2 is 2.50 bits per heavy atom. The highest BCUT2D eigenvalue weighted by Gasteiger charge is 2.07. The quantitative estimate of drug-likeness (QED) is 0.458. The van der Waals surface area contributed by atoms with E-state index in [-0.39, 0.29) is 0 Å². The van der Waals surface area contributed by atoms with Gasteiger partial charge in [-0.25, -0.2) is 0 Å². The van der Waals surface area contributed by atoms with Gasteiger partial charge in [0, 0.05) is 19.3 Å². The van der Waals surface area contributed by atoms with Crippen LogP contribution < -0.4 is 0 Å². The molecular weight excluding hydrogens is 100 g/mol. The van der Waals surface area contributed by atoms with Crippen LogP contribution in [0, 0.1) is 0 Å². The van der Waals surface area contributed by atoms with Crippen LogP contribution in [0.15, 0.2) is 5.10 Å². The fourth-order valence-electron chi connectivity index (χ4n) is 0.803. The number of hydrogen-bond donors (Lipinski definition) is 0. The third-order valence-electron chi connectivity index (χ3n) is 1.62. The molecule has 0 N–H and O–H groups in total. The molecular formula is C6H12N2. The summed E-state index contributed by atoms with van der Waals surface area (Å²) in [6.45, 7) is 2.19. The molecule has 0 amide bonds. The van der Waals surface area contributed by atoms with E-state index in [1.807, 2.05) is 18.3 Å². The normalized spacial score (nSPS) is 28.8. The predicted octanol–water partition coefficient (Wildman–Crippen LogP) is 1.09. The topological polar surface area (TPSA) is 15.6 Å². The molecule has 0 aromatic rings. The van der Waals surface area contributed by atoms with E-state index in [2.05, 4.69) is 12.0 Å². The van der Waals surface area contributed by atoms with Gasteiger partial charge in [0.2, 0.25) is 0 Å². The van der Waals surface area contributed by atoms with Gasteiger partial charge in [0.15, 0.2) is 0 Å². The van der Waals surface area contributed by atoms with Crippen LogP contribution in [0.25, 0.3) is 0 Å². The molecule has 0 aliphatic carbocycles. The minimum atomic E-state index is 0.639. The first-order valence-corrected chi connectivity index (χ1v) is 3.06.